The molecule has 6 heteroatoms. The molecule has 0 atom stereocenters. The quantitative estimate of drug-likeness (QED) is 0.424. The first-order valence-corrected chi connectivity index (χ1v) is 11.0. The molecule has 0 aliphatic heterocycles. The molecular formula is C24H21ClN2O2S. The van der Waals surface area contributed by atoms with Gasteiger partial charge in [-0.15, -0.1) is 11.3 Å². The molecule has 0 bridgehead atoms. The second-order valence-corrected chi connectivity index (χ2v) is 8.55. The Hall–Kier alpha value is -2.89. The molecule has 2 aromatic heterocycles. The van der Waals surface area contributed by atoms with Crippen molar-refractivity contribution in [2.75, 3.05) is 0 Å². The SMILES string of the molecule is CCc1ccc2[nH]c(=O)c(CN(Cc3ccc(Cl)cc3)C(=O)c3cccs3)cc2c1. The predicted octanol–water partition coefficient (Wildman–Crippen LogP) is 5.65. The molecule has 0 spiro atoms. The fourth-order valence-corrected chi connectivity index (χ4v) is 4.23. The third kappa shape index (κ3) is 4.48. The number of hydrogen-bond donors (Lipinski definition) is 1. The number of nitrogens with one attached hydrogen (secondary N) is 1. The highest BCUT2D eigenvalue weighted by atomic mass is 35.5. The zero-order chi connectivity index (χ0) is 21.1. The summed E-state index contributed by atoms with van der Waals surface area (Å²) in [5.41, 5.74) is 3.35. The molecule has 0 saturated heterocycles. The van der Waals surface area contributed by atoms with Gasteiger partial charge >= 0.3 is 0 Å². The summed E-state index contributed by atoms with van der Waals surface area (Å²) >= 11 is 7.39. The number of halogens is 1. The van der Waals surface area contributed by atoms with E-state index >= 15 is 0 Å². The molecule has 30 heavy (non-hydrogen) atoms. The van der Waals surface area contributed by atoms with E-state index < -0.39 is 0 Å². The largest absolute Gasteiger partial charge is 0.329 e. The van der Waals surface area contributed by atoms with E-state index in [2.05, 4.69) is 18.0 Å². The number of pyridine rings is 1. The normalized spacial score (nSPS) is 11.0. The number of aryl methyl sites for hydroxylation is 1. The number of aromatic amines is 1. The monoisotopic (exact) mass is 436 g/mol. The average molecular weight is 437 g/mol. The van der Waals surface area contributed by atoms with Gasteiger partial charge in [-0.2, -0.15) is 0 Å². The molecule has 1 N–H and O–H groups in total. The van der Waals surface area contributed by atoms with Gasteiger partial charge in [0.25, 0.3) is 11.5 Å². The zero-order valence-electron chi connectivity index (χ0n) is 16.5. The van der Waals surface area contributed by atoms with Crippen LogP contribution in [0.2, 0.25) is 5.02 Å². The van der Waals surface area contributed by atoms with Crippen LogP contribution in [0, 0.1) is 0 Å². The summed E-state index contributed by atoms with van der Waals surface area (Å²) in [6.45, 7) is 2.71. The average Bonchev–Trinajstić information content (AvgIpc) is 3.29. The molecule has 152 valence electrons. The predicted molar refractivity (Wildman–Crippen MR) is 123 cm³/mol. The van der Waals surface area contributed by atoms with Crippen LogP contribution in [-0.2, 0) is 19.5 Å². The molecule has 0 aliphatic rings. The minimum absolute atomic E-state index is 0.0956. The third-order valence-electron chi connectivity index (χ3n) is 5.06. The van der Waals surface area contributed by atoms with Crippen molar-refractivity contribution in [3.63, 3.8) is 0 Å². The maximum Gasteiger partial charge on any atom is 0.264 e. The third-order valence-corrected chi connectivity index (χ3v) is 6.17. The van der Waals surface area contributed by atoms with Crippen LogP contribution in [-0.4, -0.2) is 15.8 Å². The van der Waals surface area contributed by atoms with Gasteiger partial charge in [-0.25, -0.2) is 0 Å². The van der Waals surface area contributed by atoms with Crippen molar-refractivity contribution in [2.45, 2.75) is 26.4 Å². The van der Waals surface area contributed by atoms with E-state index in [0.29, 0.717) is 22.0 Å². The lowest BCUT2D eigenvalue weighted by molar-refractivity contribution is 0.0734. The molecule has 4 rings (SSSR count). The van der Waals surface area contributed by atoms with Gasteiger partial charge in [0, 0.05) is 22.6 Å². The fraction of sp³-hybridized carbons (Fsp3) is 0.167. The number of fused-ring (bicyclic) bond motifs is 1. The number of rotatable bonds is 6. The van der Waals surface area contributed by atoms with Gasteiger partial charge in [-0.05, 0) is 64.7 Å². The number of benzene rings is 2. The summed E-state index contributed by atoms with van der Waals surface area (Å²) in [5.74, 6) is -0.0956. The number of amides is 1. The Kier molecular flexibility index (Phi) is 6.02. The van der Waals surface area contributed by atoms with Crippen LogP contribution in [0.1, 0.15) is 33.3 Å². The summed E-state index contributed by atoms with van der Waals surface area (Å²) in [6.07, 6.45) is 0.921. The lowest BCUT2D eigenvalue weighted by atomic mass is 10.1. The fourth-order valence-electron chi connectivity index (χ4n) is 3.41. The minimum Gasteiger partial charge on any atom is -0.329 e. The van der Waals surface area contributed by atoms with Gasteiger partial charge in [-0.1, -0.05) is 42.8 Å². The van der Waals surface area contributed by atoms with Gasteiger partial charge in [-0.3, -0.25) is 9.59 Å². The number of carbonyl (C=O) groups is 1. The lowest BCUT2D eigenvalue weighted by Crippen LogP contribution is -2.32. The van der Waals surface area contributed by atoms with Crippen molar-refractivity contribution in [3.05, 3.63) is 103 Å². The van der Waals surface area contributed by atoms with E-state index in [9.17, 15) is 9.59 Å². The van der Waals surface area contributed by atoms with E-state index in [-0.39, 0.29) is 18.0 Å². The second kappa shape index (κ2) is 8.86. The van der Waals surface area contributed by atoms with Crippen LogP contribution in [0.3, 0.4) is 0 Å². The Morgan fingerprint density at radius 2 is 1.80 bits per heavy atom. The molecule has 0 radical (unpaired) electrons. The van der Waals surface area contributed by atoms with Crippen molar-refractivity contribution >= 4 is 39.7 Å². The first-order valence-electron chi connectivity index (χ1n) is 9.75. The second-order valence-electron chi connectivity index (χ2n) is 7.16. The van der Waals surface area contributed by atoms with Gasteiger partial charge < -0.3 is 9.88 Å². The van der Waals surface area contributed by atoms with E-state index in [0.717, 1.165) is 22.9 Å². The molecule has 0 unspecified atom stereocenters. The maximum absolute atomic E-state index is 13.2. The van der Waals surface area contributed by atoms with E-state index in [1.807, 2.05) is 41.8 Å². The number of thiophene rings is 1. The minimum atomic E-state index is -0.174. The van der Waals surface area contributed by atoms with Crippen molar-refractivity contribution in [1.29, 1.82) is 0 Å². The Bertz CT molecular complexity index is 1230. The van der Waals surface area contributed by atoms with Crippen molar-refractivity contribution in [1.82, 2.24) is 9.88 Å². The maximum atomic E-state index is 13.2. The first kappa shape index (κ1) is 20.4. The topological polar surface area (TPSA) is 53.2 Å². The number of nitrogens with zero attached hydrogens (tertiary/aromatic N) is 1. The molecule has 2 aromatic carbocycles. The van der Waals surface area contributed by atoms with E-state index in [1.165, 1.54) is 16.9 Å². The summed E-state index contributed by atoms with van der Waals surface area (Å²) in [4.78, 5) is 31.2. The van der Waals surface area contributed by atoms with Crippen molar-refractivity contribution in [2.24, 2.45) is 0 Å². The summed E-state index contributed by atoms with van der Waals surface area (Å²) < 4.78 is 0. The molecular weight excluding hydrogens is 416 g/mol. The summed E-state index contributed by atoms with van der Waals surface area (Å²) in [6, 6.07) is 19.0. The molecule has 4 nitrogen and oxygen atoms in total. The zero-order valence-corrected chi connectivity index (χ0v) is 18.1. The van der Waals surface area contributed by atoms with Crippen molar-refractivity contribution < 1.29 is 4.79 Å². The highest BCUT2D eigenvalue weighted by Gasteiger charge is 2.19. The highest BCUT2D eigenvalue weighted by molar-refractivity contribution is 7.12. The van der Waals surface area contributed by atoms with Crippen molar-refractivity contribution in [3.8, 4) is 0 Å². The molecule has 4 aromatic rings. The van der Waals surface area contributed by atoms with Crippen LogP contribution in [0.5, 0.6) is 0 Å². The number of H-pyrrole nitrogens is 1. The first-order chi connectivity index (χ1) is 14.5. The number of hydrogen-bond acceptors (Lipinski definition) is 3. The number of aromatic nitrogens is 1. The molecule has 0 aliphatic carbocycles. The van der Waals surface area contributed by atoms with Crippen LogP contribution < -0.4 is 5.56 Å². The summed E-state index contributed by atoms with van der Waals surface area (Å²) in [5, 5.41) is 3.49. The Morgan fingerprint density at radius 3 is 2.50 bits per heavy atom. The standard InChI is InChI=1S/C24H21ClN2O2S/c1-2-16-7-10-21-18(12-16)13-19(23(28)26-21)15-27(24(29)22-4-3-11-30-22)14-17-5-8-20(25)9-6-17/h3-13H,2,14-15H2,1H3,(H,26,28). The van der Waals surface area contributed by atoms with Crippen LogP contribution in [0.25, 0.3) is 10.9 Å². The van der Waals surface area contributed by atoms with Crippen LogP contribution in [0.4, 0.5) is 0 Å². The molecule has 2 heterocycles. The van der Waals surface area contributed by atoms with Gasteiger partial charge in [0.15, 0.2) is 0 Å². The smallest absolute Gasteiger partial charge is 0.264 e. The molecule has 0 saturated carbocycles. The number of carbonyl (C=O) groups excluding carboxylic acids is 1. The Morgan fingerprint density at radius 1 is 1.03 bits per heavy atom. The van der Waals surface area contributed by atoms with E-state index in [1.54, 1.807) is 23.1 Å². The van der Waals surface area contributed by atoms with Crippen LogP contribution >= 0.6 is 22.9 Å². The van der Waals surface area contributed by atoms with Gasteiger partial charge in [0.1, 0.15) is 0 Å². The van der Waals surface area contributed by atoms with Gasteiger partial charge in [0.2, 0.25) is 0 Å². The Balaban J connectivity index is 1.70. The summed E-state index contributed by atoms with van der Waals surface area (Å²) in [7, 11) is 0. The molecule has 0 fully saturated rings. The molecule has 1 amide bonds. The lowest BCUT2D eigenvalue weighted by Gasteiger charge is -2.22. The van der Waals surface area contributed by atoms with E-state index in [4.69, 9.17) is 11.6 Å². The van der Waals surface area contributed by atoms with Gasteiger partial charge in [0.05, 0.1) is 11.4 Å². The highest BCUT2D eigenvalue weighted by Crippen LogP contribution is 2.20. The Labute approximate surface area is 183 Å². The van der Waals surface area contributed by atoms with Crippen LogP contribution in [0.15, 0.2) is 70.8 Å².